The van der Waals surface area contributed by atoms with Gasteiger partial charge in [-0.3, -0.25) is 0 Å². The molecule has 2 aromatic carbocycles. The van der Waals surface area contributed by atoms with E-state index in [1.54, 1.807) is 0 Å². The fourth-order valence-electron chi connectivity index (χ4n) is 2.59. The first-order valence-electron chi connectivity index (χ1n) is 7.85. The molecule has 130 valence electrons. The van der Waals surface area contributed by atoms with Crippen molar-refractivity contribution in [3.63, 3.8) is 0 Å². The first kappa shape index (κ1) is 18.6. The second kappa shape index (κ2) is 8.37. The predicted octanol–water partition coefficient (Wildman–Crippen LogP) is 2.97. The van der Waals surface area contributed by atoms with Gasteiger partial charge in [0.25, 0.3) is 0 Å². The first-order chi connectivity index (χ1) is 11.4. The van der Waals surface area contributed by atoms with Gasteiger partial charge in [-0.1, -0.05) is 30.3 Å². The number of aliphatic hydroxyl groups is 1. The van der Waals surface area contributed by atoms with Gasteiger partial charge in [0.2, 0.25) is 10.0 Å². The van der Waals surface area contributed by atoms with E-state index in [9.17, 15) is 17.9 Å². The van der Waals surface area contributed by atoms with Crippen LogP contribution in [0.5, 0.6) is 0 Å². The van der Waals surface area contributed by atoms with E-state index < -0.39 is 15.8 Å². The van der Waals surface area contributed by atoms with Gasteiger partial charge in [0.15, 0.2) is 0 Å². The Labute approximate surface area is 142 Å². The molecule has 0 bridgehead atoms. The van der Waals surface area contributed by atoms with E-state index in [0.29, 0.717) is 18.4 Å². The summed E-state index contributed by atoms with van der Waals surface area (Å²) in [7, 11) is -3.67. The molecule has 0 heterocycles. The molecule has 6 heteroatoms. The Morgan fingerprint density at radius 3 is 2.46 bits per heavy atom. The van der Waals surface area contributed by atoms with Gasteiger partial charge in [0.1, 0.15) is 5.82 Å². The maximum Gasteiger partial charge on any atom is 0.240 e. The maximum absolute atomic E-state index is 13.3. The lowest BCUT2D eigenvalue weighted by Crippen LogP contribution is -2.26. The van der Waals surface area contributed by atoms with E-state index in [1.807, 2.05) is 30.3 Å². The van der Waals surface area contributed by atoms with Crippen LogP contribution in [0.25, 0.3) is 0 Å². The lowest BCUT2D eigenvalue weighted by atomic mass is 9.93. The SMILES string of the molecule is Cc1cc(S(=O)(=O)NCCC(CCO)c2ccccc2)ccc1F. The van der Waals surface area contributed by atoms with E-state index in [0.717, 1.165) is 11.6 Å². The van der Waals surface area contributed by atoms with Crippen molar-refractivity contribution in [2.45, 2.75) is 30.6 Å². The lowest BCUT2D eigenvalue weighted by molar-refractivity contribution is 0.273. The minimum Gasteiger partial charge on any atom is -0.396 e. The molecule has 0 aliphatic carbocycles. The molecular formula is C18H22FNO3S. The Morgan fingerprint density at radius 1 is 1.12 bits per heavy atom. The third-order valence-corrected chi connectivity index (χ3v) is 5.43. The van der Waals surface area contributed by atoms with E-state index in [4.69, 9.17) is 0 Å². The Hall–Kier alpha value is -1.76. The molecule has 0 aliphatic heterocycles. The lowest BCUT2D eigenvalue weighted by Gasteiger charge is -2.17. The largest absolute Gasteiger partial charge is 0.396 e. The molecule has 0 saturated carbocycles. The number of aryl methyl sites for hydroxylation is 1. The van der Waals surface area contributed by atoms with Crippen molar-refractivity contribution < 1.29 is 17.9 Å². The van der Waals surface area contributed by atoms with Gasteiger partial charge >= 0.3 is 0 Å². The number of rotatable bonds is 8. The highest BCUT2D eigenvalue weighted by atomic mass is 32.2. The van der Waals surface area contributed by atoms with E-state index in [2.05, 4.69) is 4.72 Å². The van der Waals surface area contributed by atoms with Crippen molar-refractivity contribution in [3.8, 4) is 0 Å². The molecule has 1 atom stereocenters. The average Bonchev–Trinajstić information content (AvgIpc) is 2.57. The minimum absolute atomic E-state index is 0.0451. The van der Waals surface area contributed by atoms with Crippen LogP contribution in [0.3, 0.4) is 0 Å². The summed E-state index contributed by atoms with van der Waals surface area (Å²) in [6.07, 6.45) is 1.14. The van der Waals surface area contributed by atoms with Crippen molar-refractivity contribution in [1.82, 2.24) is 4.72 Å². The highest BCUT2D eigenvalue weighted by Gasteiger charge is 2.17. The standard InChI is InChI=1S/C18H22FNO3S/c1-14-13-17(7-8-18(14)19)24(22,23)20-11-9-16(10-12-21)15-5-3-2-4-6-15/h2-8,13,16,20-21H,9-12H2,1H3. The maximum atomic E-state index is 13.3. The number of benzene rings is 2. The number of hydrogen-bond donors (Lipinski definition) is 2. The van der Waals surface area contributed by atoms with Crippen molar-refractivity contribution in [1.29, 1.82) is 0 Å². The molecule has 0 aromatic heterocycles. The Kier molecular flexibility index (Phi) is 6.48. The van der Waals surface area contributed by atoms with Gasteiger partial charge < -0.3 is 5.11 Å². The molecule has 0 saturated heterocycles. The predicted molar refractivity (Wildman–Crippen MR) is 91.8 cm³/mol. The summed E-state index contributed by atoms with van der Waals surface area (Å²) in [6, 6.07) is 13.4. The van der Waals surface area contributed by atoms with Crippen LogP contribution < -0.4 is 4.72 Å². The molecule has 0 amide bonds. The number of nitrogens with one attached hydrogen (secondary N) is 1. The van der Waals surface area contributed by atoms with Gasteiger partial charge in [-0.2, -0.15) is 0 Å². The van der Waals surface area contributed by atoms with Crippen LogP contribution in [0.1, 0.15) is 29.9 Å². The van der Waals surface area contributed by atoms with Gasteiger partial charge in [-0.15, -0.1) is 0 Å². The van der Waals surface area contributed by atoms with Gasteiger partial charge in [0.05, 0.1) is 4.90 Å². The zero-order chi connectivity index (χ0) is 17.6. The van der Waals surface area contributed by atoms with Crippen molar-refractivity contribution >= 4 is 10.0 Å². The number of hydrogen-bond acceptors (Lipinski definition) is 3. The normalized spacial score (nSPS) is 13.0. The van der Waals surface area contributed by atoms with Crippen LogP contribution in [0.15, 0.2) is 53.4 Å². The molecule has 0 fully saturated rings. The first-order valence-corrected chi connectivity index (χ1v) is 9.34. The van der Waals surface area contributed by atoms with E-state index >= 15 is 0 Å². The monoisotopic (exact) mass is 351 g/mol. The average molecular weight is 351 g/mol. The Bertz CT molecular complexity index is 763. The fourth-order valence-corrected chi connectivity index (χ4v) is 3.73. The molecule has 2 aromatic rings. The topological polar surface area (TPSA) is 66.4 Å². The molecule has 2 N–H and O–H groups in total. The smallest absolute Gasteiger partial charge is 0.240 e. The van der Waals surface area contributed by atoms with Crippen LogP contribution in [-0.4, -0.2) is 26.7 Å². The van der Waals surface area contributed by atoms with Crippen molar-refractivity contribution in [3.05, 3.63) is 65.5 Å². The summed E-state index contributed by atoms with van der Waals surface area (Å²) in [5.74, 6) is -0.352. The van der Waals surface area contributed by atoms with E-state index in [-0.39, 0.29) is 24.0 Å². The number of aliphatic hydroxyl groups excluding tert-OH is 1. The second-order valence-corrected chi connectivity index (χ2v) is 7.48. The van der Waals surface area contributed by atoms with Crippen LogP contribution in [0.4, 0.5) is 4.39 Å². The molecule has 0 aliphatic rings. The third-order valence-electron chi connectivity index (χ3n) is 3.97. The van der Waals surface area contributed by atoms with Crippen LogP contribution >= 0.6 is 0 Å². The highest BCUT2D eigenvalue weighted by Crippen LogP contribution is 2.23. The van der Waals surface area contributed by atoms with Crippen molar-refractivity contribution in [2.24, 2.45) is 0 Å². The number of halogens is 1. The summed E-state index contributed by atoms with van der Waals surface area (Å²) in [5, 5.41) is 9.22. The molecule has 0 radical (unpaired) electrons. The molecule has 2 rings (SSSR count). The van der Waals surface area contributed by atoms with Gasteiger partial charge in [0, 0.05) is 13.2 Å². The molecule has 0 spiro atoms. The molecular weight excluding hydrogens is 329 g/mol. The minimum atomic E-state index is -3.67. The van der Waals surface area contributed by atoms with Crippen LogP contribution in [-0.2, 0) is 10.0 Å². The third kappa shape index (κ3) is 4.87. The summed E-state index contributed by atoms with van der Waals surface area (Å²) < 4.78 is 40.4. The zero-order valence-electron chi connectivity index (χ0n) is 13.6. The highest BCUT2D eigenvalue weighted by molar-refractivity contribution is 7.89. The summed E-state index contributed by atoms with van der Waals surface area (Å²) >= 11 is 0. The van der Waals surface area contributed by atoms with Crippen LogP contribution in [0.2, 0.25) is 0 Å². The summed E-state index contributed by atoms with van der Waals surface area (Å²) in [6.45, 7) is 1.82. The van der Waals surface area contributed by atoms with E-state index in [1.165, 1.54) is 19.1 Å². The Balaban J connectivity index is 2.01. The quantitative estimate of drug-likeness (QED) is 0.768. The second-order valence-electron chi connectivity index (χ2n) is 5.72. The molecule has 24 heavy (non-hydrogen) atoms. The van der Waals surface area contributed by atoms with Crippen LogP contribution in [0, 0.1) is 12.7 Å². The molecule has 1 unspecified atom stereocenters. The van der Waals surface area contributed by atoms with Gasteiger partial charge in [-0.25, -0.2) is 17.5 Å². The summed E-state index contributed by atoms with van der Waals surface area (Å²) in [5.41, 5.74) is 1.36. The Morgan fingerprint density at radius 2 is 1.83 bits per heavy atom. The summed E-state index contributed by atoms with van der Waals surface area (Å²) in [4.78, 5) is 0.0554. The van der Waals surface area contributed by atoms with Gasteiger partial charge in [-0.05, 0) is 55.0 Å². The van der Waals surface area contributed by atoms with Crippen molar-refractivity contribution in [2.75, 3.05) is 13.2 Å². The fraction of sp³-hybridized carbons (Fsp3) is 0.333. The molecule has 4 nitrogen and oxygen atoms in total. The number of sulfonamides is 1. The zero-order valence-corrected chi connectivity index (χ0v) is 14.4.